The van der Waals surface area contributed by atoms with Crippen LogP contribution in [0.1, 0.15) is 55.3 Å². The lowest BCUT2D eigenvalue weighted by atomic mass is 9.89. The first kappa shape index (κ1) is 15.6. The fourth-order valence-corrected chi connectivity index (χ4v) is 2.91. The number of nitrogens with one attached hydrogen (secondary N) is 1. The second kappa shape index (κ2) is 7.35. The average Bonchev–Trinajstić information content (AvgIpc) is 3.05. The predicted octanol–water partition coefficient (Wildman–Crippen LogP) is 3.12. The molecule has 1 aromatic carbocycles. The van der Waals surface area contributed by atoms with E-state index in [2.05, 4.69) is 15.5 Å². The summed E-state index contributed by atoms with van der Waals surface area (Å²) in [5, 5.41) is 6.61. The van der Waals surface area contributed by atoms with Gasteiger partial charge in [0.25, 0.3) is 0 Å². The number of carbonyl (C=O) groups excluding carboxylic acids is 1. The number of carbonyl (C=O) groups is 1. The van der Waals surface area contributed by atoms with Crippen LogP contribution in [-0.2, 0) is 17.8 Å². The first-order valence-electron chi connectivity index (χ1n) is 8.05. The van der Waals surface area contributed by atoms with E-state index in [0.29, 0.717) is 23.2 Å². The quantitative estimate of drug-likeness (QED) is 0.920. The molecule has 122 valence electrons. The maximum Gasteiger partial charge on any atom is 0.229 e. The number of benzene rings is 1. The number of nitrogens with zero attached hydrogens (tertiary/aromatic N) is 2. The summed E-state index contributed by atoms with van der Waals surface area (Å²) in [6, 6.07) is 6.26. The van der Waals surface area contributed by atoms with Crippen molar-refractivity contribution in [3.05, 3.63) is 47.4 Å². The van der Waals surface area contributed by atoms with Crippen LogP contribution < -0.4 is 5.32 Å². The summed E-state index contributed by atoms with van der Waals surface area (Å²) in [4.78, 5) is 16.2. The molecule has 1 aliphatic carbocycles. The van der Waals surface area contributed by atoms with Crippen molar-refractivity contribution >= 4 is 5.91 Å². The molecule has 1 N–H and O–H groups in total. The second-order valence-corrected chi connectivity index (χ2v) is 5.93. The molecule has 1 aliphatic rings. The van der Waals surface area contributed by atoms with E-state index in [9.17, 15) is 9.18 Å². The zero-order valence-electron chi connectivity index (χ0n) is 12.9. The highest BCUT2D eigenvalue weighted by Gasteiger charge is 2.21. The van der Waals surface area contributed by atoms with E-state index in [1.807, 2.05) is 0 Å². The lowest BCUT2D eigenvalue weighted by molar-refractivity contribution is -0.120. The van der Waals surface area contributed by atoms with Crippen LogP contribution in [0, 0.1) is 5.82 Å². The normalized spacial score (nSPS) is 15.5. The molecule has 1 amide bonds. The van der Waals surface area contributed by atoms with Crippen molar-refractivity contribution in [2.24, 2.45) is 0 Å². The maximum atomic E-state index is 13.5. The molecule has 1 saturated carbocycles. The van der Waals surface area contributed by atoms with E-state index in [1.165, 1.54) is 25.3 Å². The van der Waals surface area contributed by atoms with Gasteiger partial charge in [-0.2, -0.15) is 4.98 Å². The molecular weight excluding hydrogens is 297 g/mol. The summed E-state index contributed by atoms with van der Waals surface area (Å²) in [7, 11) is 0. The Morgan fingerprint density at radius 3 is 2.83 bits per heavy atom. The first-order valence-corrected chi connectivity index (χ1v) is 8.05. The minimum absolute atomic E-state index is 0.00000685. The van der Waals surface area contributed by atoms with Gasteiger partial charge in [0, 0.05) is 5.92 Å². The molecular formula is C17H20FN3O2. The van der Waals surface area contributed by atoms with Crippen LogP contribution in [0.3, 0.4) is 0 Å². The third-order valence-electron chi connectivity index (χ3n) is 4.19. The first-order chi connectivity index (χ1) is 11.2. The van der Waals surface area contributed by atoms with Crippen molar-refractivity contribution in [3.63, 3.8) is 0 Å². The summed E-state index contributed by atoms with van der Waals surface area (Å²) >= 11 is 0. The minimum atomic E-state index is -0.373. The SMILES string of the molecule is O=C(Cc1ccccc1F)NCc1noc(C2CCCCC2)n1. The molecule has 2 aromatic rings. The van der Waals surface area contributed by atoms with Crippen LogP contribution in [0.15, 0.2) is 28.8 Å². The Morgan fingerprint density at radius 2 is 2.04 bits per heavy atom. The van der Waals surface area contributed by atoms with Gasteiger partial charge in [0.05, 0.1) is 13.0 Å². The van der Waals surface area contributed by atoms with Crippen LogP contribution in [0.25, 0.3) is 0 Å². The van der Waals surface area contributed by atoms with Gasteiger partial charge in [-0.3, -0.25) is 4.79 Å². The van der Waals surface area contributed by atoms with Crippen molar-refractivity contribution in [2.45, 2.75) is 51.0 Å². The predicted molar refractivity (Wildman–Crippen MR) is 82.1 cm³/mol. The van der Waals surface area contributed by atoms with Gasteiger partial charge >= 0.3 is 0 Å². The van der Waals surface area contributed by atoms with Crippen molar-refractivity contribution in [1.82, 2.24) is 15.5 Å². The van der Waals surface area contributed by atoms with Gasteiger partial charge in [0.2, 0.25) is 11.8 Å². The average molecular weight is 317 g/mol. The molecule has 0 spiro atoms. The van der Waals surface area contributed by atoms with Crippen molar-refractivity contribution in [3.8, 4) is 0 Å². The topological polar surface area (TPSA) is 68.0 Å². The highest BCUT2D eigenvalue weighted by atomic mass is 19.1. The largest absolute Gasteiger partial charge is 0.348 e. The van der Waals surface area contributed by atoms with E-state index in [0.717, 1.165) is 12.8 Å². The molecule has 0 saturated heterocycles. The molecule has 23 heavy (non-hydrogen) atoms. The molecule has 5 nitrogen and oxygen atoms in total. The molecule has 1 fully saturated rings. The summed E-state index contributed by atoms with van der Waals surface area (Å²) in [6.45, 7) is 0.198. The Hall–Kier alpha value is -2.24. The lowest BCUT2D eigenvalue weighted by Gasteiger charge is -2.17. The summed E-state index contributed by atoms with van der Waals surface area (Å²) in [6.07, 6.45) is 5.83. The van der Waals surface area contributed by atoms with Gasteiger partial charge in [-0.25, -0.2) is 4.39 Å². The Kier molecular flexibility index (Phi) is 5.00. The second-order valence-electron chi connectivity index (χ2n) is 5.93. The van der Waals surface area contributed by atoms with E-state index in [4.69, 9.17) is 4.52 Å². The van der Waals surface area contributed by atoms with E-state index < -0.39 is 0 Å². The van der Waals surface area contributed by atoms with Crippen molar-refractivity contribution < 1.29 is 13.7 Å². The van der Waals surface area contributed by atoms with Crippen LogP contribution in [0.2, 0.25) is 0 Å². The van der Waals surface area contributed by atoms with Gasteiger partial charge in [0.15, 0.2) is 5.82 Å². The molecule has 1 heterocycles. The Bertz CT molecular complexity index is 665. The highest BCUT2D eigenvalue weighted by Crippen LogP contribution is 2.31. The Balaban J connectivity index is 1.51. The number of amides is 1. The molecule has 6 heteroatoms. The van der Waals surface area contributed by atoms with Gasteiger partial charge in [-0.05, 0) is 24.5 Å². The number of hydrogen-bond donors (Lipinski definition) is 1. The number of rotatable bonds is 5. The van der Waals surface area contributed by atoms with Gasteiger partial charge in [0.1, 0.15) is 5.82 Å². The standard InChI is InChI=1S/C17H20FN3O2/c18-14-9-5-4-8-13(14)10-16(22)19-11-15-20-17(23-21-15)12-6-2-1-3-7-12/h4-5,8-9,12H,1-3,6-7,10-11H2,(H,19,22). The third kappa shape index (κ3) is 4.15. The molecule has 0 unspecified atom stereocenters. The van der Waals surface area contributed by atoms with Crippen molar-refractivity contribution in [1.29, 1.82) is 0 Å². The van der Waals surface area contributed by atoms with Gasteiger partial charge in [-0.15, -0.1) is 0 Å². The maximum absolute atomic E-state index is 13.5. The number of aromatic nitrogens is 2. The number of hydrogen-bond acceptors (Lipinski definition) is 4. The summed E-state index contributed by atoms with van der Waals surface area (Å²) in [5.74, 6) is 0.843. The van der Waals surface area contributed by atoms with Gasteiger partial charge < -0.3 is 9.84 Å². The van der Waals surface area contributed by atoms with E-state index >= 15 is 0 Å². The zero-order chi connectivity index (χ0) is 16.1. The molecule has 0 aliphatic heterocycles. The minimum Gasteiger partial charge on any atom is -0.348 e. The fraction of sp³-hybridized carbons (Fsp3) is 0.471. The van der Waals surface area contributed by atoms with Crippen LogP contribution >= 0.6 is 0 Å². The zero-order valence-corrected chi connectivity index (χ0v) is 12.9. The van der Waals surface area contributed by atoms with Gasteiger partial charge in [-0.1, -0.05) is 42.6 Å². The van der Waals surface area contributed by atoms with Crippen LogP contribution in [0.4, 0.5) is 4.39 Å². The molecule has 0 bridgehead atoms. The third-order valence-corrected chi connectivity index (χ3v) is 4.19. The monoisotopic (exact) mass is 317 g/mol. The van der Waals surface area contributed by atoms with Crippen LogP contribution in [0.5, 0.6) is 0 Å². The van der Waals surface area contributed by atoms with E-state index in [-0.39, 0.29) is 24.7 Å². The Morgan fingerprint density at radius 1 is 1.26 bits per heavy atom. The number of halogens is 1. The van der Waals surface area contributed by atoms with E-state index in [1.54, 1.807) is 18.2 Å². The van der Waals surface area contributed by atoms with Crippen molar-refractivity contribution in [2.75, 3.05) is 0 Å². The molecule has 3 rings (SSSR count). The van der Waals surface area contributed by atoms with Crippen LogP contribution in [-0.4, -0.2) is 16.0 Å². The summed E-state index contributed by atoms with van der Waals surface area (Å²) in [5.41, 5.74) is 0.376. The highest BCUT2D eigenvalue weighted by molar-refractivity contribution is 5.78. The molecule has 1 aromatic heterocycles. The summed E-state index contributed by atoms with van der Waals surface area (Å²) < 4.78 is 18.8. The smallest absolute Gasteiger partial charge is 0.229 e. The fourth-order valence-electron chi connectivity index (χ4n) is 2.91. The Labute approximate surface area is 134 Å². The molecule has 0 atom stereocenters. The molecule has 0 radical (unpaired) electrons. The lowest BCUT2D eigenvalue weighted by Crippen LogP contribution is -2.25.